The SMILES string of the molecule is CCN(CC)S(=O)(=O)c1ccc(OCC(=O)NCc2ccc(S(=O)(=O)N3CCCCC3)cc2)c(C)c1. The topological polar surface area (TPSA) is 113 Å². The van der Waals surface area contributed by atoms with Crippen LogP contribution < -0.4 is 10.1 Å². The van der Waals surface area contributed by atoms with Crippen molar-refractivity contribution in [2.24, 2.45) is 0 Å². The van der Waals surface area contributed by atoms with E-state index in [9.17, 15) is 21.6 Å². The second kappa shape index (κ2) is 12.2. The van der Waals surface area contributed by atoms with Crippen LogP contribution in [-0.4, -0.2) is 64.1 Å². The van der Waals surface area contributed by atoms with Crippen molar-refractivity contribution in [3.05, 3.63) is 53.6 Å². The Kier molecular flexibility index (Phi) is 9.51. The molecule has 3 rings (SSSR count). The smallest absolute Gasteiger partial charge is 0.258 e. The number of piperidine rings is 1. The molecule has 2 aromatic rings. The number of ether oxygens (including phenoxy) is 1. The highest BCUT2D eigenvalue weighted by Crippen LogP contribution is 2.24. The van der Waals surface area contributed by atoms with Crippen molar-refractivity contribution in [3.8, 4) is 5.75 Å². The Hall–Kier alpha value is -2.47. The molecule has 1 fully saturated rings. The Morgan fingerprint density at radius 1 is 0.944 bits per heavy atom. The molecule has 1 saturated heterocycles. The van der Waals surface area contributed by atoms with Gasteiger partial charge in [0.15, 0.2) is 6.61 Å². The number of rotatable bonds is 11. The first kappa shape index (κ1) is 28.1. The maximum absolute atomic E-state index is 12.8. The summed E-state index contributed by atoms with van der Waals surface area (Å²) in [5, 5.41) is 2.75. The van der Waals surface area contributed by atoms with Crippen LogP contribution in [0.15, 0.2) is 52.3 Å². The summed E-state index contributed by atoms with van der Waals surface area (Å²) in [6.07, 6.45) is 2.81. The molecule has 0 spiro atoms. The van der Waals surface area contributed by atoms with Crippen LogP contribution in [0.4, 0.5) is 0 Å². The van der Waals surface area contributed by atoms with Gasteiger partial charge in [0.1, 0.15) is 5.75 Å². The number of nitrogens with zero attached hydrogens (tertiary/aromatic N) is 2. The van der Waals surface area contributed by atoms with Crippen molar-refractivity contribution in [1.82, 2.24) is 13.9 Å². The van der Waals surface area contributed by atoms with E-state index in [-0.39, 0.29) is 28.8 Å². The number of benzene rings is 2. The quantitative estimate of drug-likeness (QED) is 0.472. The lowest BCUT2D eigenvalue weighted by Crippen LogP contribution is -2.35. The zero-order valence-corrected chi connectivity index (χ0v) is 22.7. The largest absolute Gasteiger partial charge is 0.484 e. The molecule has 1 aliphatic rings. The summed E-state index contributed by atoms with van der Waals surface area (Å²) in [5.41, 5.74) is 1.38. The highest BCUT2D eigenvalue weighted by atomic mass is 32.2. The van der Waals surface area contributed by atoms with Crippen molar-refractivity contribution in [3.63, 3.8) is 0 Å². The fourth-order valence-electron chi connectivity index (χ4n) is 4.09. The van der Waals surface area contributed by atoms with Gasteiger partial charge in [-0.25, -0.2) is 16.8 Å². The molecule has 0 bridgehead atoms. The predicted octanol–water partition coefficient (Wildman–Crippen LogP) is 2.90. The fraction of sp³-hybridized carbons (Fsp3) is 0.480. The summed E-state index contributed by atoms with van der Waals surface area (Å²) < 4.78 is 59.4. The van der Waals surface area contributed by atoms with Gasteiger partial charge >= 0.3 is 0 Å². The zero-order chi connectivity index (χ0) is 26.3. The number of nitrogens with one attached hydrogen (secondary N) is 1. The van der Waals surface area contributed by atoms with E-state index in [1.54, 1.807) is 57.2 Å². The molecule has 0 unspecified atom stereocenters. The van der Waals surface area contributed by atoms with E-state index in [1.165, 1.54) is 14.7 Å². The van der Waals surface area contributed by atoms with Crippen LogP contribution in [-0.2, 0) is 31.4 Å². The minimum atomic E-state index is -3.57. The van der Waals surface area contributed by atoms with Gasteiger partial charge in [-0.15, -0.1) is 0 Å². The van der Waals surface area contributed by atoms with Crippen LogP contribution >= 0.6 is 0 Å². The molecule has 0 aromatic heterocycles. The van der Waals surface area contributed by atoms with Gasteiger partial charge in [-0.3, -0.25) is 4.79 Å². The molecule has 9 nitrogen and oxygen atoms in total. The lowest BCUT2D eigenvalue weighted by molar-refractivity contribution is -0.123. The number of sulfonamides is 2. The van der Waals surface area contributed by atoms with Gasteiger partial charge in [0.05, 0.1) is 9.79 Å². The summed E-state index contributed by atoms with van der Waals surface area (Å²) in [5.74, 6) is 0.0789. The second-order valence-electron chi connectivity index (χ2n) is 8.69. The minimum absolute atomic E-state index is 0.186. The predicted molar refractivity (Wildman–Crippen MR) is 138 cm³/mol. The Balaban J connectivity index is 1.53. The number of aryl methyl sites for hydroxylation is 1. The summed E-state index contributed by atoms with van der Waals surface area (Å²) in [7, 11) is -7.06. The molecule has 198 valence electrons. The first-order chi connectivity index (χ1) is 17.1. The van der Waals surface area contributed by atoms with Crippen molar-refractivity contribution in [1.29, 1.82) is 0 Å². The highest BCUT2D eigenvalue weighted by molar-refractivity contribution is 7.89. The van der Waals surface area contributed by atoms with Crippen molar-refractivity contribution in [2.75, 3.05) is 32.8 Å². The lowest BCUT2D eigenvalue weighted by Gasteiger charge is -2.25. The molecule has 1 aliphatic heterocycles. The van der Waals surface area contributed by atoms with Crippen LogP contribution in [0.1, 0.15) is 44.2 Å². The average Bonchev–Trinajstić information content (AvgIpc) is 2.88. The van der Waals surface area contributed by atoms with E-state index in [0.717, 1.165) is 24.8 Å². The maximum atomic E-state index is 12.8. The summed E-state index contributed by atoms with van der Waals surface area (Å²) in [4.78, 5) is 12.7. The van der Waals surface area contributed by atoms with E-state index in [0.29, 0.717) is 37.5 Å². The normalized spacial score (nSPS) is 15.1. The molecule has 2 aromatic carbocycles. The maximum Gasteiger partial charge on any atom is 0.258 e. The Labute approximate surface area is 214 Å². The first-order valence-electron chi connectivity index (χ1n) is 12.2. The summed E-state index contributed by atoms with van der Waals surface area (Å²) >= 11 is 0. The summed E-state index contributed by atoms with van der Waals surface area (Å²) in [6.45, 7) is 7.17. The average molecular weight is 538 g/mol. The number of carbonyl (C=O) groups excluding carboxylic acids is 1. The van der Waals surface area contributed by atoms with E-state index in [1.807, 2.05) is 0 Å². The van der Waals surface area contributed by atoms with E-state index in [4.69, 9.17) is 4.74 Å². The Morgan fingerprint density at radius 2 is 1.56 bits per heavy atom. The molecule has 1 heterocycles. The standard InChI is InChI=1S/C25H35N3O6S2/c1-4-27(5-2)36(32,33)23-13-14-24(20(3)17-23)34-19-25(29)26-18-21-9-11-22(12-10-21)35(30,31)28-15-7-6-8-16-28/h9-14,17H,4-8,15-16,18-19H2,1-3H3,(H,26,29). The highest BCUT2D eigenvalue weighted by Gasteiger charge is 2.26. The summed E-state index contributed by atoms with van der Waals surface area (Å²) in [6, 6.07) is 11.1. The minimum Gasteiger partial charge on any atom is -0.484 e. The number of hydrogen-bond acceptors (Lipinski definition) is 6. The Morgan fingerprint density at radius 3 is 2.14 bits per heavy atom. The van der Waals surface area contributed by atoms with Gasteiger partial charge in [0, 0.05) is 32.7 Å². The van der Waals surface area contributed by atoms with Crippen LogP contribution in [0.5, 0.6) is 5.75 Å². The Bertz CT molecular complexity index is 1250. The molecule has 0 radical (unpaired) electrons. The molecule has 11 heteroatoms. The van der Waals surface area contributed by atoms with Crippen LogP contribution in [0.25, 0.3) is 0 Å². The van der Waals surface area contributed by atoms with Crippen LogP contribution in [0, 0.1) is 6.92 Å². The van der Waals surface area contributed by atoms with E-state index in [2.05, 4.69) is 5.32 Å². The first-order valence-corrected chi connectivity index (χ1v) is 15.1. The molecule has 1 N–H and O–H groups in total. The van der Waals surface area contributed by atoms with Crippen molar-refractivity contribution < 1.29 is 26.4 Å². The van der Waals surface area contributed by atoms with Crippen LogP contribution in [0.3, 0.4) is 0 Å². The van der Waals surface area contributed by atoms with Crippen molar-refractivity contribution >= 4 is 26.0 Å². The third-order valence-electron chi connectivity index (χ3n) is 6.21. The van der Waals surface area contributed by atoms with Gasteiger partial charge in [-0.2, -0.15) is 8.61 Å². The van der Waals surface area contributed by atoms with Gasteiger partial charge in [0.25, 0.3) is 5.91 Å². The number of amides is 1. The van der Waals surface area contributed by atoms with Crippen LogP contribution in [0.2, 0.25) is 0 Å². The van der Waals surface area contributed by atoms with Gasteiger partial charge in [-0.1, -0.05) is 32.4 Å². The fourth-order valence-corrected chi connectivity index (χ4v) is 7.15. The molecular weight excluding hydrogens is 502 g/mol. The molecule has 1 amide bonds. The third kappa shape index (κ3) is 6.64. The molecule has 36 heavy (non-hydrogen) atoms. The van der Waals surface area contributed by atoms with Crippen molar-refractivity contribution in [2.45, 2.75) is 56.4 Å². The molecule has 0 saturated carbocycles. The molecule has 0 atom stereocenters. The van der Waals surface area contributed by atoms with E-state index >= 15 is 0 Å². The number of carbonyl (C=O) groups is 1. The third-order valence-corrected chi connectivity index (χ3v) is 10.2. The molecule has 0 aliphatic carbocycles. The number of hydrogen-bond donors (Lipinski definition) is 1. The zero-order valence-electron chi connectivity index (χ0n) is 21.1. The lowest BCUT2D eigenvalue weighted by atomic mass is 10.2. The second-order valence-corrected chi connectivity index (χ2v) is 12.6. The van der Waals surface area contributed by atoms with Gasteiger partial charge in [-0.05, 0) is 61.2 Å². The van der Waals surface area contributed by atoms with Gasteiger partial charge < -0.3 is 10.1 Å². The monoisotopic (exact) mass is 537 g/mol. The van der Waals surface area contributed by atoms with E-state index < -0.39 is 20.0 Å². The van der Waals surface area contributed by atoms with Gasteiger partial charge in [0.2, 0.25) is 20.0 Å². The molecular formula is C25H35N3O6S2.